The summed E-state index contributed by atoms with van der Waals surface area (Å²) in [5.74, 6) is -0.000438. The molecule has 4 nitrogen and oxygen atoms in total. The maximum absolute atomic E-state index is 11.5. The Bertz CT molecular complexity index is 436. The van der Waals surface area contributed by atoms with Crippen molar-refractivity contribution in [1.29, 1.82) is 0 Å². The van der Waals surface area contributed by atoms with Gasteiger partial charge in [0.15, 0.2) is 6.10 Å². The fraction of sp³-hybridized carbons (Fsp3) is 0.562. The summed E-state index contributed by atoms with van der Waals surface area (Å²) in [5, 5.41) is 9.87. The fourth-order valence-electron chi connectivity index (χ4n) is 2.65. The number of likely N-dealkylation sites (tertiary alicyclic amines) is 1. The predicted octanol–water partition coefficient (Wildman–Crippen LogP) is 2.09. The number of rotatable bonds is 4. The summed E-state index contributed by atoms with van der Waals surface area (Å²) in [6, 6.07) is 7.70. The molecule has 0 spiro atoms. The molecule has 0 saturated carbocycles. The molecule has 0 radical (unpaired) electrons. The second-order valence-electron chi connectivity index (χ2n) is 5.40. The molecule has 1 fully saturated rings. The van der Waals surface area contributed by atoms with E-state index in [2.05, 4.69) is 11.9 Å². The first-order chi connectivity index (χ1) is 9.61. The summed E-state index contributed by atoms with van der Waals surface area (Å²) in [4.78, 5) is 13.8. The first kappa shape index (κ1) is 15.0. The minimum atomic E-state index is -1.18. The van der Waals surface area contributed by atoms with Gasteiger partial charge in [-0.15, -0.1) is 0 Å². The van der Waals surface area contributed by atoms with E-state index in [9.17, 15) is 9.90 Å². The van der Waals surface area contributed by atoms with Crippen molar-refractivity contribution in [2.45, 2.75) is 31.8 Å². The van der Waals surface area contributed by atoms with Crippen molar-refractivity contribution in [1.82, 2.24) is 4.90 Å². The molecule has 1 aromatic carbocycles. The number of aliphatic hydroxyl groups is 1. The highest BCUT2D eigenvalue weighted by Crippen LogP contribution is 2.28. The largest absolute Gasteiger partial charge is 0.464 e. The monoisotopic (exact) mass is 277 g/mol. The second-order valence-corrected chi connectivity index (χ2v) is 5.40. The van der Waals surface area contributed by atoms with Crippen molar-refractivity contribution in [2.75, 3.05) is 26.7 Å². The van der Waals surface area contributed by atoms with Crippen LogP contribution in [0.1, 0.15) is 42.9 Å². The molecule has 4 heteroatoms. The molecule has 1 N–H and O–H groups in total. The average molecular weight is 277 g/mol. The Hall–Kier alpha value is -1.39. The molecule has 1 aliphatic rings. The van der Waals surface area contributed by atoms with E-state index in [0.717, 1.165) is 25.9 Å². The highest BCUT2D eigenvalue weighted by atomic mass is 16.5. The third-order valence-electron chi connectivity index (χ3n) is 3.95. The van der Waals surface area contributed by atoms with Gasteiger partial charge in [-0.05, 0) is 56.9 Å². The fourth-order valence-corrected chi connectivity index (χ4v) is 2.65. The van der Waals surface area contributed by atoms with E-state index in [4.69, 9.17) is 4.74 Å². The molecule has 0 aliphatic carbocycles. The highest BCUT2D eigenvalue weighted by Gasteiger charge is 2.21. The Morgan fingerprint density at radius 2 is 1.95 bits per heavy atom. The number of ether oxygens (including phenoxy) is 1. The zero-order valence-corrected chi connectivity index (χ0v) is 12.2. The quantitative estimate of drug-likeness (QED) is 0.856. The maximum Gasteiger partial charge on any atom is 0.339 e. The van der Waals surface area contributed by atoms with Gasteiger partial charge in [-0.1, -0.05) is 24.3 Å². The molecule has 20 heavy (non-hydrogen) atoms. The Morgan fingerprint density at radius 1 is 1.35 bits per heavy atom. The highest BCUT2D eigenvalue weighted by molar-refractivity contribution is 5.76. The van der Waals surface area contributed by atoms with Gasteiger partial charge in [-0.2, -0.15) is 0 Å². The lowest BCUT2D eigenvalue weighted by molar-refractivity contribution is -0.153. The number of hydrogen-bond donors (Lipinski definition) is 1. The molecule has 1 heterocycles. The number of carbonyl (C=O) groups is 1. The van der Waals surface area contributed by atoms with Gasteiger partial charge in [0, 0.05) is 0 Å². The number of esters is 1. The third-order valence-corrected chi connectivity index (χ3v) is 3.95. The smallest absolute Gasteiger partial charge is 0.339 e. The number of hydrogen-bond acceptors (Lipinski definition) is 4. The Morgan fingerprint density at radius 3 is 2.50 bits per heavy atom. The van der Waals surface area contributed by atoms with Crippen LogP contribution in [0.3, 0.4) is 0 Å². The first-order valence-corrected chi connectivity index (χ1v) is 7.25. The molecule has 110 valence electrons. The molecule has 1 unspecified atom stereocenters. The molecular weight excluding hydrogens is 254 g/mol. The lowest BCUT2D eigenvalue weighted by Crippen LogP contribution is -2.29. The Labute approximate surface area is 120 Å². The summed E-state index contributed by atoms with van der Waals surface area (Å²) in [7, 11) is 2.15. The van der Waals surface area contributed by atoms with Crippen LogP contribution < -0.4 is 0 Å². The van der Waals surface area contributed by atoms with Gasteiger partial charge < -0.3 is 14.7 Å². The molecule has 1 atom stereocenters. The predicted molar refractivity (Wildman–Crippen MR) is 77.5 cm³/mol. The Balaban J connectivity index is 2.01. The van der Waals surface area contributed by atoms with Gasteiger partial charge in [0.2, 0.25) is 0 Å². The van der Waals surface area contributed by atoms with Crippen molar-refractivity contribution in [3.8, 4) is 0 Å². The lowest BCUT2D eigenvalue weighted by atomic mass is 9.89. The molecule has 1 aromatic rings. The molecule has 0 amide bonds. The summed E-state index contributed by atoms with van der Waals surface area (Å²) in [6.07, 6.45) is 1.15. The normalized spacial score (nSPS) is 18.8. The molecule has 1 aliphatic heterocycles. The third kappa shape index (κ3) is 3.58. The van der Waals surface area contributed by atoms with E-state index >= 15 is 0 Å². The van der Waals surface area contributed by atoms with E-state index in [1.54, 1.807) is 6.92 Å². The molecule has 0 aromatic heterocycles. The number of carbonyl (C=O) groups excluding carboxylic acids is 1. The number of nitrogens with zero attached hydrogens (tertiary/aromatic N) is 1. The second kappa shape index (κ2) is 6.86. The van der Waals surface area contributed by atoms with E-state index in [0.29, 0.717) is 11.5 Å². The maximum atomic E-state index is 11.5. The van der Waals surface area contributed by atoms with Crippen LogP contribution in [0.2, 0.25) is 0 Å². The average Bonchev–Trinajstić information content (AvgIpc) is 2.48. The van der Waals surface area contributed by atoms with Crippen LogP contribution in [-0.2, 0) is 9.53 Å². The van der Waals surface area contributed by atoms with Crippen LogP contribution in [0, 0.1) is 0 Å². The van der Waals surface area contributed by atoms with E-state index in [1.807, 2.05) is 24.3 Å². The summed E-state index contributed by atoms with van der Waals surface area (Å²) in [5.41, 5.74) is 1.89. The molecular formula is C16H23NO3. The van der Waals surface area contributed by atoms with Gasteiger partial charge >= 0.3 is 5.97 Å². The standard InChI is InChI=1S/C16H23NO3/c1-3-20-16(19)15(18)14-6-4-12(5-7-14)13-8-10-17(2)11-9-13/h4-7,13,15,18H,3,8-11H2,1-2H3. The van der Waals surface area contributed by atoms with Crippen LogP contribution >= 0.6 is 0 Å². The van der Waals surface area contributed by atoms with Gasteiger partial charge in [-0.3, -0.25) is 0 Å². The van der Waals surface area contributed by atoms with Crippen molar-refractivity contribution in [2.24, 2.45) is 0 Å². The van der Waals surface area contributed by atoms with E-state index in [-0.39, 0.29) is 6.61 Å². The lowest BCUT2D eigenvalue weighted by Gasteiger charge is -2.29. The minimum absolute atomic E-state index is 0.281. The van der Waals surface area contributed by atoms with Crippen LogP contribution in [0.4, 0.5) is 0 Å². The van der Waals surface area contributed by atoms with Crippen LogP contribution in [0.15, 0.2) is 24.3 Å². The summed E-state index contributed by atoms with van der Waals surface area (Å²) >= 11 is 0. The van der Waals surface area contributed by atoms with Crippen LogP contribution in [-0.4, -0.2) is 42.7 Å². The SMILES string of the molecule is CCOC(=O)C(O)c1ccc(C2CCN(C)CC2)cc1. The Kier molecular flexibility index (Phi) is 5.15. The number of piperidine rings is 1. The van der Waals surface area contributed by atoms with Gasteiger partial charge in [0.1, 0.15) is 0 Å². The minimum Gasteiger partial charge on any atom is -0.464 e. The van der Waals surface area contributed by atoms with Gasteiger partial charge in [-0.25, -0.2) is 4.79 Å². The van der Waals surface area contributed by atoms with Crippen LogP contribution in [0.25, 0.3) is 0 Å². The molecule has 1 saturated heterocycles. The van der Waals surface area contributed by atoms with Gasteiger partial charge in [0.05, 0.1) is 6.61 Å². The van der Waals surface area contributed by atoms with Gasteiger partial charge in [0.25, 0.3) is 0 Å². The van der Waals surface area contributed by atoms with Crippen molar-refractivity contribution < 1.29 is 14.6 Å². The van der Waals surface area contributed by atoms with E-state index < -0.39 is 12.1 Å². The van der Waals surface area contributed by atoms with Crippen molar-refractivity contribution >= 4 is 5.97 Å². The zero-order valence-electron chi connectivity index (χ0n) is 12.2. The number of benzene rings is 1. The topological polar surface area (TPSA) is 49.8 Å². The van der Waals surface area contributed by atoms with Crippen LogP contribution in [0.5, 0.6) is 0 Å². The summed E-state index contributed by atoms with van der Waals surface area (Å²) in [6.45, 7) is 4.26. The first-order valence-electron chi connectivity index (χ1n) is 7.25. The molecule has 2 rings (SSSR count). The molecule has 0 bridgehead atoms. The number of aliphatic hydroxyl groups excluding tert-OH is 1. The van der Waals surface area contributed by atoms with Crippen molar-refractivity contribution in [3.63, 3.8) is 0 Å². The summed E-state index contributed by atoms with van der Waals surface area (Å²) < 4.78 is 4.82. The van der Waals surface area contributed by atoms with Crippen molar-refractivity contribution in [3.05, 3.63) is 35.4 Å². The van der Waals surface area contributed by atoms with E-state index in [1.165, 1.54) is 5.56 Å². The zero-order chi connectivity index (χ0) is 14.5.